The van der Waals surface area contributed by atoms with Gasteiger partial charge in [0, 0.05) is 60.5 Å². The third kappa shape index (κ3) is 8.39. The summed E-state index contributed by atoms with van der Waals surface area (Å²) in [5.41, 5.74) is 15.4. The van der Waals surface area contributed by atoms with Gasteiger partial charge in [-0.3, -0.25) is 0 Å². The van der Waals surface area contributed by atoms with Gasteiger partial charge in [-0.25, -0.2) is 34.9 Å². The van der Waals surface area contributed by atoms with E-state index in [0.29, 0.717) is 34.9 Å². The van der Waals surface area contributed by atoms with Crippen molar-refractivity contribution in [3.63, 3.8) is 0 Å². The van der Waals surface area contributed by atoms with Gasteiger partial charge in [0.2, 0.25) is 0 Å². The Balaban J connectivity index is 1.14. The summed E-state index contributed by atoms with van der Waals surface area (Å²) in [7, 11) is 0. The summed E-state index contributed by atoms with van der Waals surface area (Å²) < 4.78 is 4.75. The van der Waals surface area contributed by atoms with E-state index < -0.39 is 0 Å². The molecule has 81 heavy (non-hydrogen) atoms. The van der Waals surface area contributed by atoms with Crippen LogP contribution in [0.3, 0.4) is 0 Å². The zero-order chi connectivity index (χ0) is 53.8. The highest BCUT2D eigenvalue weighted by atomic mass is 15.1. The van der Waals surface area contributed by atoms with Crippen LogP contribution in [0.1, 0.15) is 5.56 Å². The van der Waals surface area contributed by atoms with Crippen LogP contribution in [0.5, 0.6) is 0 Å². The number of para-hydroxylation sites is 2. The van der Waals surface area contributed by atoms with Gasteiger partial charge < -0.3 is 9.13 Å². The molecule has 380 valence electrons. The molecule has 0 bridgehead atoms. The minimum Gasteiger partial charge on any atom is -0.308 e. The van der Waals surface area contributed by atoms with Crippen molar-refractivity contribution in [2.24, 2.45) is 0 Å². The predicted octanol–water partition coefficient (Wildman–Crippen LogP) is 17.3. The zero-order valence-electron chi connectivity index (χ0n) is 43.9. The summed E-state index contributed by atoms with van der Waals surface area (Å²) in [6.07, 6.45) is 0. The zero-order valence-corrected chi connectivity index (χ0v) is 43.9. The lowest BCUT2D eigenvalue weighted by Gasteiger charge is -2.23. The first-order valence-corrected chi connectivity index (χ1v) is 27.1. The molecule has 0 radical (unpaired) electrons. The van der Waals surface area contributed by atoms with E-state index in [1.54, 1.807) is 0 Å². The molecule has 0 unspecified atom stereocenters. The van der Waals surface area contributed by atoms with Gasteiger partial charge in [-0.05, 0) is 61.5 Å². The molecule has 0 amide bonds. The number of pyridine rings is 1. The lowest BCUT2D eigenvalue weighted by atomic mass is 10.0. The fraction of sp³-hybridized carbons (Fsp3) is 0.0139. The number of aromatic nitrogens is 9. The topological polar surface area (TPSA) is 100 Å². The summed E-state index contributed by atoms with van der Waals surface area (Å²) in [4.78, 5) is 38.0. The third-order valence-corrected chi connectivity index (χ3v) is 15.1. The number of nitrogens with zero attached hydrogens (tertiary/aromatic N) is 9. The molecular formula is C72H47N9. The molecule has 0 saturated heterocycles. The molecule has 0 aliphatic rings. The monoisotopic (exact) mass is 1040 g/mol. The molecule has 0 saturated carbocycles. The summed E-state index contributed by atoms with van der Waals surface area (Å²) in [6.45, 7) is 2.15. The Kier molecular flexibility index (Phi) is 11.5. The Morgan fingerprint density at radius 3 is 1.25 bits per heavy atom. The van der Waals surface area contributed by atoms with Gasteiger partial charge in [0.05, 0.1) is 50.4 Å². The van der Waals surface area contributed by atoms with E-state index in [0.717, 1.165) is 111 Å². The van der Waals surface area contributed by atoms with Crippen molar-refractivity contribution in [1.82, 2.24) is 44.0 Å². The van der Waals surface area contributed by atoms with Gasteiger partial charge in [-0.15, -0.1) is 0 Å². The van der Waals surface area contributed by atoms with Crippen molar-refractivity contribution in [1.29, 1.82) is 0 Å². The number of rotatable bonds is 10. The van der Waals surface area contributed by atoms with E-state index in [1.807, 2.05) is 115 Å². The van der Waals surface area contributed by atoms with Gasteiger partial charge in [0.1, 0.15) is 0 Å². The van der Waals surface area contributed by atoms with Crippen LogP contribution in [0.15, 0.2) is 267 Å². The first kappa shape index (κ1) is 47.2. The molecule has 9 nitrogen and oxygen atoms in total. The quantitative estimate of drug-likeness (QED) is 0.134. The largest absolute Gasteiger partial charge is 0.308 e. The molecule has 9 heteroatoms. The van der Waals surface area contributed by atoms with Crippen LogP contribution in [0.25, 0.3) is 146 Å². The third-order valence-electron chi connectivity index (χ3n) is 15.1. The van der Waals surface area contributed by atoms with Crippen LogP contribution < -0.4 is 0 Å². The van der Waals surface area contributed by atoms with Crippen molar-refractivity contribution in [3.05, 3.63) is 272 Å². The minimum absolute atomic E-state index is 0.465. The van der Waals surface area contributed by atoms with Crippen LogP contribution in [0.4, 0.5) is 0 Å². The number of hydrogen-bond donors (Lipinski definition) is 0. The normalized spacial score (nSPS) is 11.5. The van der Waals surface area contributed by atoms with Crippen molar-refractivity contribution in [2.45, 2.75) is 6.92 Å². The minimum atomic E-state index is 0.465. The Bertz CT molecular complexity index is 4750. The summed E-state index contributed by atoms with van der Waals surface area (Å²) >= 11 is 0. The smallest absolute Gasteiger partial charge is 0.168 e. The maximum atomic E-state index is 5.63. The van der Waals surface area contributed by atoms with Gasteiger partial charge >= 0.3 is 0 Å². The molecule has 15 rings (SSSR count). The van der Waals surface area contributed by atoms with Crippen LogP contribution in [0.2, 0.25) is 0 Å². The Hall–Kier alpha value is -11.0. The van der Waals surface area contributed by atoms with E-state index >= 15 is 0 Å². The maximum absolute atomic E-state index is 5.63. The van der Waals surface area contributed by atoms with E-state index in [1.165, 1.54) is 5.56 Å². The van der Waals surface area contributed by atoms with E-state index in [2.05, 4.69) is 168 Å². The van der Waals surface area contributed by atoms with Gasteiger partial charge in [0.25, 0.3) is 0 Å². The summed E-state index contributed by atoms with van der Waals surface area (Å²) in [5, 5.41) is 4.38. The lowest BCUT2D eigenvalue weighted by molar-refractivity contribution is 1.04. The molecule has 0 fully saturated rings. The second kappa shape index (κ2) is 19.8. The first-order chi connectivity index (χ1) is 40.1. The van der Waals surface area contributed by atoms with E-state index in [4.69, 9.17) is 34.9 Å². The molecule has 0 aliphatic carbocycles. The molecule has 0 aliphatic heterocycles. The van der Waals surface area contributed by atoms with Crippen molar-refractivity contribution in [3.8, 4) is 102 Å². The first-order valence-electron chi connectivity index (χ1n) is 27.1. The molecular weight excluding hydrogens is 991 g/mol. The fourth-order valence-corrected chi connectivity index (χ4v) is 11.3. The molecule has 10 aromatic carbocycles. The lowest BCUT2D eigenvalue weighted by Crippen LogP contribution is -2.10. The van der Waals surface area contributed by atoms with Crippen LogP contribution in [0, 0.1) is 6.92 Å². The fourth-order valence-electron chi connectivity index (χ4n) is 11.3. The van der Waals surface area contributed by atoms with Gasteiger partial charge in [-0.1, -0.05) is 218 Å². The van der Waals surface area contributed by atoms with Gasteiger partial charge in [-0.2, -0.15) is 0 Å². The predicted molar refractivity (Wildman–Crippen MR) is 328 cm³/mol. The molecule has 5 heterocycles. The van der Waals surface area contributed by atoms with Gasteiger partial charge in [0.15, 0.2) is 34.9 Å². The second-order valence-corrected chi connectivity index (χ2v) is 20.2. The molecule has 0 spiro atoms. The number of hydrogen-bond acceptors (Lipinski definition) is 7. The molecule has 0 atom stereocenters. The Morgan fingerprint density at radius 1 is 0.259 bits per heavy atom. The van der Waals surface area contributed by atoms with E-state index in [-0.39, 0.29) is 0 Å². The Labute approximate surface area is 466 Å². The highest BCUT2D eigenvalue weighted by Crippen LogP contribution is 2.46. The number of benzene rings is 10. The number of aryl methyl sites for hydroxylation is 1. The van der Waals surface area contributed by atoms with Crippen LogP contribution >= 0.6 is 0 Å². The maximum Gasteiger partial charge on any atom is 0.168 e. The van der Waals surface area contributed by atoms with E-state index in [9.17, 15) is 0 Å². The van der Waals surface area contributed by atoms with Crippen molar-refractivity contribution < 1.29 is 0 Å². The second-order valence-electron chi connectivity index (χ2n) is 20.2. The highest BCUT2D eigenvalue weighted by Gasteiger charge is 2.30. The molecule has 5 aromatic heterocycles. The molecule has 15 aromatic rings. The van der Waals surface area contributed by atoms with Crippen molar-refractivity contribution >= 4 is 43.6 Å². The number of fused-ring (bicyclic) bond motifs is 6. The molecule has 0 N–H and O–H groups in total. The summed E-state index contributed by atoms with van der Waals surface area (Å²) in [5.74, 6) is 3.09. The van der Waals surface area contributed by atoms with Crippen LogP contribution in [-0.4, -0.2) is 44.0 Å². The summed E-state index contributed by atoms with van der Waals surface area (Å²) in [6, 6.07) is 92.2. The standard InChI is InChI=1S/C72H47N9/c1-46-38-42-62-57(44-46)54-33-18-19-36-60(54)80(62)63-43-41-56(71-76-67(48-24-9-3-10-25-48)74-68(77-71)49-26-11-4-12-27-49)66(65(63)72-78-69(50-28-13-5-14-29-50)75-70(79-72)51-30-15-6-16-31-51)81-61-37-20-17-32-53(61)55-40-39-52(45-64(55)81)59-35-21-34-58(73-59)47-22-7-2-8-23-47/h2-45H,1H3. The average molecular weight is 1040 g/mol. The van der Waals surface area contributed by atoms with Crippen LogP contribution in [-0.2, 0) is 0 Å². The highest BCUT2D eigenvalue weighted by molar-refractivity contribution is 6.13. The average Bonchev–Trinajstić information content (AvgIpc) is 3.64. The Morgan fingerprint density at radius 2 is 0.691 bits per heavy atom. The SMILES string of the molecule is Cc1ccc2c(c1)c1ccccc1n2-c1ccc(-c2nc(-c3ccccc3)nc(-c3ccccc3)n2)c(-n2c3ccccc3c3ccc(-c4cccc(-c5ccccc5)n4)cc32)c1-c1nc(-c2ccccc2)nc(-c2ccccc2)n1. The van der Waals surface area contributed by atoms with Crippen molar-refractivity contribution in [2.75, 3.05) is 0 Å².